The molecule has 0 radical (unpaired) electrons. The smallest absolute Gasteiger partial charge is 0.223 e. The normalized spacial score (nSPS) is 37.1. The minimum Gasteiger partial charge on any atom is -0.356 e. The van der Waals surface area contributed by atoms with Crippen LogP contribution in [0.2, 0.25) is 0 Å². The lowest BCUT2D eigenvalue weighted by Gasteiger charge is -2.32. The van der Waals surface area contributed by atoms with Crippen LogP contribution in [-0.2, 0) is 9.63 Å². The minimum absolute atomic E-state index is 0.109. The van der Waals surface area contributed by atoms with Crippen molar-refractivity contribution < 1.29 is 9.63 Å². The molecule has 1 amide bonds. The van der Waals surface area contributed by atoms with E-state index >= 15 is 0 Å². The van der Waals surface area contributed by atoms with E-state index in [0.29, 0.717) is 23.9 Å². The first-order chi connectivity index (χ1) is 10.7. The lowest BCUT2D eigenvalue weighted by Crippen LogP contribution is -2.42. The Labute approximate surface area is 133 Å². The second kappa shape index (κ2) is 7.75. The lowest BCUT2D eigenvalue weighted by molar-refractivity contribution is -0.126. The molecule has 3 N–H and O–H groups in total. The zero-order valence-electron chi connectivity index (χ0n) is 13.8. The summed E-state index contributed by atoms with van der Waals surface area (Å²) in [5.41, 5.74) is 3.10. The Morgan fingerprint density at radius 1 is 1.09 bits per heavy atom. The number of carbonyl (C=O) groups is 1. The molecule has 22 heavy (non-hydrogen) atoms. The molecule has 0 aromatic carbocycles. The number of carbonyl (C=O) groups excluding carboxylic acids is 1. The van der Waals surface area contributed by atoms with Gasteiger partial charge in [0.15, 0.2) is 0 Å². The molecule has 2 saturated carbocycles. The van der Waals surface area contributed by atoms with Crippen LogP contribution in [0.15, 0.2) is 0 Å². The number of hydroxylamine groups is 1. The highest BCUT2D eigenvalue weighted by Gasteiger charge is 2.32. The zero-order chi connectivity index (χ0) is 15.4. The van der Waals surface area contributed by atoms with E-state index in [9.17, 15) is 4.79 Å². The third-order valence-corrected chi connectivity index (χ3v) is 5.69. The molecule has 0 aromatic heterocycles. The van der Waals surface area contributed by atoms with Crippen LogP contribution in [0.1, 0.15) is 64.7 Å². The molecule has 0 bridgehead atoms. The van der Waals surface area contributed by atoms with E-state index in [1.807, 2.05) is 6.92 Å². The largest absolute Gasteiger partial charge is 0.356 e. The third-order valence-electron chi connectivity index (χ3n) is 5.69. The van der Waals surface area contributed by atoms with Gasteiger partial charge in [-0.05, 0) is 57.3 Å². The summed E-state index contributed by atoms with van der Waals surface area (Å²) in [5.74, 6) is 1.90. The summed E-state index contributed by atoms with van der Waals surface area (Å²) in [6, 6.07) is 0. The summed E-state index contributed by atoms with van der Waals surface area (Å²) >= 11 is 0. The van der Waals surface area contributed by atoms with E-state index in [2.05, 4.69) is 16.1 Å². The monoisotopic (exact) mass is 309 g/mol. The van der Waals surface area contributed by atoms with E-state index in [-0.39, 0.29) is 12.1 Å². The standard InChI is InChI=1S/C17H31N3O2/c1-12-19-16(20-22-12)14-9-7-13(8-10-14)11-18-17(21)15-5-3-2-4-6-15/h12-16,19-20H,2-11H2,1H3,(H,18,21). The van der Waals surface area contributed by atoms with Gasteiger partial charge < -0.3 is 5.32 Å². The van der Waals surface area contributed by atoms with Crippen LogP contribution in [0.3, 0.4) is 0 Å². The second-order valence-corrected chi connectivity index (χ2v) is 7.38. The first kappa shape index (κ1) is 16.2. The molecule has 3 aliphatic rings. The summed E-state index contributed by atoms with van der Waals surface area (Å²) < 4.78 is 0. The van der Waals surface area contributed by atoms with Gasteiger partial charge in [0, 0.05) is 12.5 Å². The van der Waals surface area contributed by atoms with Crippen molar-refractivity contribution in [3.8, 4) is 0 Å². The molecule has 1 heterocycles. The van der Waals surface area contributed by atoms with Crippen LogP contribution < -0.4 is 16.1 Å². The zero-order valence-corrected chi connectivity index (χ0v) is 13.8. The van der Waals surface area contributed by atoms with Crippen molar-refractivity contribution in [1.29, 1.82) is 0 Å². The van der Waals surface area contributed by atoms with Gasteiger partial charge in [-0.3, -0.25) is 14.9 Å². The molecule has 0 spiro atoms. The SMILES string of the molecule is CC1NC(C2CCC(CNC(=O)C3CCCCC3)CC2)NO1. The van der Waals surface area contributed by atoms with Gasteiger partial charge in [-0.1, -0.05) is 19.3 Å². The fourth-order valence-electron chi connectivity index (χ4n) is 4.21. The molecular weight excluding hydrogens is 278 g/mol. The van der Waals surface area contributed by atoms with Gasteiger partial charge in [-0.2, -0.15) is 5.48 Å². The van der Waals surface area contributed by atoms with Crippen LogP contribution in [-0.4, -0.2) is 24.8 Å². The molecule has 2 unspecified atom stereocenters. The first-order valence-electron chi connectivity index (χ1n) is 9.17. The molecular formula is C17H31N3O2. The van der Waals surface area contributed by atoms with Crippen molar-refractivity contribution in [2.24, 2.45) is 17.8 Å². The number of nitrogens with one attached hydrogen (secondary N) is 3. The average Bonchev–Trinajstić information content (AvgIpc) is 3.00. The first-order valence-corrected chi connectivity index (χ1v) is 9.17. The fraction of sp³-hybridized carbons (Fsp3) is 0.941. The number of hydrogen-bond donors (Lipinski definition) is 3. The van der Waals surface area contributed by atoms with Crippen molar-refractivity contribution >= 4 is 5.91 Å². The highest BCUT2D eigenvalue weighted by Crippen LogP contribution is 2.31. The van der Waals surface area contributed by atoms with Crippen LogP contribution in [0.25, 0.3) is 0 Å². The molecule has 1 saturated heterocycles. The third kappa shape index (κ3) is 4.21. The van der Waals surface area contributed by atoms with Gasteiger partial charge in [0.05, 0.1) is 6.17 Å². The van der Waals surface area contributed by atoms with Crippen LogP contribution in [0.5, 0.6) is 0 Å². The Balaban J connectivity index is 1.34. The number of rotatable bonds is 4. The Morgan fingerprint density at radius 2 is 1.82 bits per heavy atom. The maximum Gasteiger partial charge on any atom is 0.223 e. The van der Waals surface area contributed by atoms with E-state index in [0.717, 1.165) is 19.4 Å². The van der Waals surface area contributed by atoms with Gasteiger partial charge in [0.1, 0.15) is 6.23 Å². The number of hydrogen-bond acceptors (Lipinski definition) is 4. The predicted molar refractivity (Wildman–Crippen MR) is 85.6 cm³/mol. The van der Waals surface area contributed by atoms with Crippen LogP contribution in [0.4, 0.5) is 0 Å². The van der Waals surface area contributed by atoms with Gasteiger partial charge in [-0.25, -0.2) is 0 Å². The van der Waals surface area contributed by atoms with Crippen LogP contribution in [0, 0.1) is 17.8 Å². The summed E-state index contributed by atoms with van der Waals surface area (Å²) in [4.78, 5) is 17.6. The molecule has 0 aromatic rings. The summed E-state index contributed by atoms with van der Waals surface area (Å²) in [7, 11) is 0. The summed E-state index contributed by atoms with van der Waals surface area (Å²) in [6.07, 6.45) is 11.2. The molecule has 3 fully saturated rings. The Bertz CT molecular complexity index is 363. The Hall–Kier alpha value is -0.650. The molecule has 5 heteroatoms. The summed E-state index contributed by atoms with van der Waals surface area (Å²) in [5, 5.41) is 6.65. The topological polar surface area (TPSA) is 62.4 Å². The summed E-state index contributed by atoms with van der Waals surface area (Å²) in [6.45, 7) is 2.90. The molecule has 2 aliphatic carbocycles. The highest BCUT2D eigenvalue weighted by atomic mass is 16.7. The molecule has 5 nitrogen and oxygen atoms in total. The maximum atomic E-state index is 12.2. The van der Waals surface area contributed by atoms with Gasteiger partial charge in [-0.15, -0.1) is 0 Å². The quantitative estimate of drug-likeness (QED) is 0.745. The molecule has 1 aliphatic heterocycles. The fourth-order valence-corrected chi connectivity index (χ4v) is 4.21. The van der Waals surface area contributed by atoms with E-state index in [1.165, 1.54) is 44.9 Å². The van der Waals surface area contributed by atoms with Gasteiger partial charge in [0.25, 0.3) is 0 Å². The van der Waals surface area contributed by atoms with Crippen molar-refractivity contribution in [2.75, 3.05) is 6.54 Å². The minimum atomic E-state index is 0.109. The second-order valence-electron chi connectivity index (χ2n) is 7.38. The van der Waals surface area contributed by atoms with E-state index < -0.39 is 0 Å². The van der Waals surface area contributed by atoms with E-state index in [1.54, 1.807) is 0 Å². The molecule has 126 valence electrons. The van der Waals surface area contributed by atoms with Crippen molar-refractivity contribution in [3.63, 3.8) is 0 Å². The predicted octanol–water partition coefficient (Wildman–Crippen LogP) is 2.29. The average molecular weight is 309 g/mol. The van der Waals surface area contributed by atoms with E-state index in [4.69, 9.17) is 4.84 Å². The lowest BCUT2D eigenvalue weighted by atomic mass is 9.80. The Morgan fingerprint density at radius 3 is 2.45 bits per heavy atom. The highest BCUT2D eigenvalue weighted by molar-refractivity contribution is 5.78. The maximum absolute atomic E-state index is 12.2. The molecule has 2 atom stereocenters. The Kier molecular flexibility index (Phi) is 5.71. The van der Waals surface area contributed by atoms with Crippen molar-refractivity contribution in [1.82, 2.24) is 16.1 Å². The van der Waals surface area contributed by atoms with Crippen LogP contribution >= 0.6 is 0 Å². The van der Waals surface area contributed by atoms with Gasteiger partial charge >= 0.3 is 0 Å². The molecule has 3 rings (SSSR count). The van der Waals surface area contributed by atoms with Crippen molar-refractivity contribution in [3.05, 3.63) is 0 Å². The van der Waals surface area contributed by atoms with Gasteiger partial charge in [0.2, 0.25) is 5.91 Å². The number of amides is 1. The van der Waals surface area contributed by atoms with Crippen molar-refractivity contribution in [2.45, 2.75) is 77.1 Å².